The molecule has 0 aliphatic heterocycles. The van der Waals surface area contributed by atoms with Crippen molar-refractivity contribution < 1.29 is 0 Å². The average Bonchev–Trinajstić information content (AvgIpc) is 1.90. The quantitative estimate of drug-likeness (QED) is 0.565. The highest BCUT2D eigenvalue weighted by Crippen LogP contribution is 2.16. The van der Waals surface area contributed by atoms with Gasteiger partial charge < -0.3 is 0 Å². The van der Waals surface area contributed by atoms with Crippen LogP contribution in [0.15, 0.2) is 23.1 Å². The van der Waals surface area contributed by atoms with Gasteiger partial charge in [0.1, 0.15) is 0 Å². The molecule has 0 N–H and O–H groups in total. The van der Waals surface area contributed by atoms with Crippen LogP contribution in [0.3, 0.4) is 0 Å². The molecule has 0 spiro atoms. The van der Waals surface area contributed by atoms with Crippen molar-refractivity contribution in [2.24, 2.45) is 0 Å². The molecule has 47 valence electrons. The minimum atomic E-state index is 0.674. The highest BCUT2D eigenvalue weighted by molar-refractivity contribution is 7.98. The Bertz CT molecular complexity index is 181. The summed E-state index contributed by atoms with van der Waals surface area (Å²) < 4.78 is 0. The Balaban J connectivity index is 2.88. The summed E-state index contributed by atoms with van der Waals surface area (Å²) in [6.07, 6.45) is 2.02. The molecular formula is C7H6ClS. The monoisotopic (exact) mass is 157 g/mol. The van der Waals surface area contributed by atoms with Crippen LogP contribution in [0.2, 0.25) is 5.02 Å². The molecular weight excluding hydrogens is 152 g/mol. The van der Waals surface area contributed by atoms with Crippen molar-refractivity contribution in [2.75, 3.05) is 6.26 Å². The fourth-order valence-electron chi connectivity index (χ4n) is 0.519. The van der Waals surface area contributed by atoms with Gasteiger partial charge in [0.2, 0.25) is 0 Å². The minimum absolute atomic E-state index is 0.674. The van der Waals surface area contributed by atoms with Crippen LogP contribution in [0.25, 0.3) is 0 Å². The second kappa shape index (κ2) is 3.14. The molecule has 0 unspecified atom stereocenters. The van der Waals surface area contributed by atoms with Crippen LogP contribution in [0.5, 0.6) is 0 Å². The third-order valence-electron chi connectivity index (χ3n) is 0.982. The lowest BCUT2D eigenvalue weighted by atomic mass is 10.4. The lowest BCUT2D eigenvalue weighted by Gasteiger charge is -1.92. The zero-order valence-corrected chi connectivity index (χ0v) is 6.59. The highest BCUT2D eigenvalue weighted by Gasteiger charge is 1.87. The fraction of sp³-hybridized carbons (Fsp3) is 0.143. The first-order valence-electron chi connectivity index (χ1n) is 2.54. The molecule has 0 nitrogen and oxygen atoms in total. The zero-order valence-electron chi connectivity index (χ0n) is 5.02. The summed E-state index contributed by atoms with van der Waals surface area (Å²) in [6, 6.07) is 8.59. The maximum absolute atomic E-state index is 5.60. The Morgan fingerprint density at radius 3 is 2.78 bits per heavy atom. The van der Waals surface area contributed by atoms with Crippen LogP contribution in [0.1, 0.15) is 0 Å². The second-order valence-corrected chi connectivity index (χ2v) is 2.86. The molecule has 0 aliphatic rings. The van der Waals surface area contributed by atoms with Gasteiger partial charge in [-0.25, -0.2) is 0 Å². The number of benzene rings is 1. The van der Waals surface area contributed by atoms with E-state index in [-0.39, 0.29) is 0 Å². The minimum Gasteiger partial charge on any atom is -0.130 e. The third kappa shape index (κ3) is 1.92. The van der Waals surface area contributed by atoms with Gasteiger partial charge in [-0.2, -0.15) is 0 Å². The molecule has 2 heteroatoms. The molecule has 0 heterocycles. The molecule has 0 aromatic heterocycles. The molecule has 1 rings (SSSR count). The average molecular weight is 158 g/mol. The maximum atomic E-state index is 5.60. The molecule has 1 aromatic carbocycles. The van der Waals surface area contributed by atoms with Crippen LogP contribution in [-0.2, 0) is 0 Å². The normalized spacial score (nSPS) is 9.56. The highest BCUT2D eigenvalue weighted by atomic mass is 35.5. The predicted octanol–water partition coefficient (Wildman–Crippen LogP) is 2.86. The smallest absolute Gasteiger partial charge is 0.0485 e. The van der Waals surface area contributed by atoms with E-state index >= 15 is 0 Å². The second-order valence-electron chi connectivity index (χ2n) is 1.58. The van der Waals surface area contributed by atoms with Gasteiger partial charge in [-0.1, -0.05) is 11.6 Å². The van der Waals surface area contributed by atoms with Gasteiger partial charge in [0.25, 0.3) is 0 Å². The first kappa shape index (κ1) is 6.97. The third-order valence-corrected chi connectivity index (χ3v) is 1.94. The Hall–Kier alpha value is -0.140. The maximum Gasteiger partial charge on any atom is 0.0485 e. The predicted molar refractivity (Wildman–Crippen MR) is 42.1 cm³/mol. The largest absolute Gasteiger partial charge is 0.130 e. The van der Waals surface area contributed by atoms with Gasteiger partial charge >= 0.3 is 0 Å². The summed E-state index contributed by atoms with van der Waals surface area (Å²) in [7, 11) is 0. The number of hydrogen-bond acceptors (Lipinski definition) is 1. The van der Waals surface area contributed by atoms with Crippen molar-refractivity contribution in [1.29, 1.82) is 0 Å². The molecule has 1 radical (unpaired) electrons. The summed E-state index contributed by atoms with van der Waals surface area (Å²) >= 11 is 7.29. The lowest BCUT2D eigenvalue weighted by molar-refractivity contribution is 1.46. The Morgan fingerprint density at radius 2 is 2.33 bits per heavy atom. The van der Waals surface area contributed by atoms with Gasteiger partial charge in [0, 0.05) is 16.0 Å². The van der Waals surface area contributed by atoms with E-state index in [4.69, 9.17) is 11.6 Å². The van der Waals surface area contributed by atoms with E-state index < -0.39 is 0 Å². The van der Waals surface area contributed by atoms with E-state index in [1.807, 2.05) is 24.5 Å². The van der Waals surface area contributed by atoms with E-state index in [1.165, 1.54) is 4.90 Å². The Morgan fingerprint density at radius 1 is 1.56 bits per heavy atom. The van der Waals surface area contributed by atoms with Crippen LogP contribution in [0, 0.1) is 6.07 Å². The van der Waals surface area contributed by atoms with Gasteiger partial charge in [-0.3, -0.25) is 0 Å². The van der Waals surface area contributed by atoms with E-state index in [0.29, 0.717) is 5.02 Å². The van der Waals surface area contributed by atoms with Gasteiger partial charge in [0.15, 0.2) is 0 Å². The van der Waals surface area contributed by atoms with Gasteiger partial charge in [-0.05, 0) is 24.5 Å². The standard InChI is InChI=1S/C7H6ClS/c1-9-7-4-2-6(8)3-5-7/h2,4-5H,1H3. The van der Waals surface area contributed by atoms with Crippen molar-refractivity contribution in [3.8, 4) is 0 Å². The van der Waals surface area contributed by atoms with Crippen molar-refractivity contribution in [3.63, 3.8) is 0 Å². The zero-order chi connectivity index (χ0) is 6.69. The van der Waals surface area contributed by atoms with Crippen LogP contribution >= 0.6 is 23.4 Å². The van der Waals surface area contributed by atoms with Gasteiger partial charge in [-0.15, -0.1) is 11.8 Å². The van der Waals surface area contributed by atoms with Crippen molar-refractivity contribution >= 4 is 23.4 Å². The Kier molecular flexibility index (Phi) is 2.43. The van der Waals surface area contributed by atoms with Crippen LogP contribution in [-0.4, -0.2) is 6.26 Å². The summed E-state index contributed by atoms with van der Waals surface area (Å²) in [6.45, 7) is 0. The number of thioether (sulfide) groups is 1. The first-order chi connectivity index (χ1) is 4.33. The first-order valence-corrected chi connectivity index (χ1v) is 4.14. The topological polar surface area (TPSA) is 0 Å². The molecule has 0 bridgehead atoms. The SMILES string of the molecule is CSc1c[c]c(Cl)cc1. The van der Waals surface area contributed by atoms with Crippen molar-refractivity contribution in [3.05, 3.63) is 29.3 Å². The molecule has 0 saturated heterocycles. The molecule has 0 aliphatic carbocycles. The molecule has 0 saturated carbocycles. The lowest BCUT2D eigenvalue weighted by Crippen LogP contribution is -1.66. The summed E-state index contributed by atoms with van der Waals surface area (Å²) in [4.78, 5) is 1.19. The number of rotatable bonds is 1. The molecule has 0 atom stereocenters. The molecule has 0 fully saturated rings. The molecule has 0 amide bonds. The number of halogens is 1. The summed E-state index contributed by atoms with van der Waals surface area (Å²) in [5.74, 6) is 0. The van der Waals surface area contributed by atoms with E-state index in [2.05, 4.69) is 6.07 Å². The molecule has 9 heavy (non-hydrogen) atoms. The number of hydrogen-bond donors (Lipinski definition) is 0. The van der Waals surface area contributed by atoms with E-state index in [1.54, 1.807) is 11.8 Å². The van der Waals surface area contributed by atoms with Crippen molar-refractivity contribution in [2.45, 2.75) is 4.90 Å². The van der Waals surface area contributed by atoms with Gasteiger partial charge in [0.05, 0.1) is 0 Å². The summed E-state index contributed by atoms with van der Waals surface area (Å²) in [5.41, 5.74) is 0. The Labute approximate surface area is 64.2 Å². The van der Waals surface area contributed by atoms with Crippen LogP contribution < -0.4 is 0 Å². The molecule has 1 aromatic rings. The fourth-order valence-corrected chi connectivity index (χ4v) is 1.02. The summed E-state index contributed by atoms with van der Waals surface area (Å²) in [5, 5.41) is 0.674. The van der Waals surface area contributed by atoms with Crippen LogP contribution in [0.4, 0.5) is 0 Å². The van der Waals surface area contributed by atoms with E-state index in [0.717, 1.165) is 0 Å². The van der Waals surface area contributed by atoms with E-state index in [9.17, 15) is 0 Å². The van der Waals surface area contributed by atoms with Crippen molar-refractivity contribution in [1.82, 2.24) is 0 Å².